The molecule has 2 aliphatic rings. The van der Waals surface area contributed by atoms with Crippen LogP contribution in [0.5, 0.6) is 5.75 Å². The van der Waals surface area contributed by atoms with Crippen molar-refractivity contribution in [1.82, 2.24) is 0 Å². The molecule has 33 heavy (non-hydrogen) atoms. The van der Waals surface area contributed by atoms with Crippen LogP contribution >= 0.6 is 0 Å². The minimum absolute atomic E-state index is 0.0578. The van der Waals surface area contributed by atoms with Crippen molar-refractivity contribution in [3.05, 3.63) is 48.3 Å². The zero-order valence-corrected chi connectivity index (χ0v) is 19.7. The summed E-state index contributed by atoms with van der Waals surface area (Å²) < 4.78 is 19.6. The van der Waals surface area contributed by atoms with Crippen LogP contribution in [-0.4, -0.2) is 57.0 Å². The zero-order valence-electron chi connectivity index (χ0n) is 19.7. The standard InChI is InChI=1S/C26H34FN3O3/c1-18-14-22(15-26(31)32)30(17-18)21-6-4-19(5-7-21)28(2)20-10-12-29(13-11-20)25-16-23(33-3)8-9-24(25)27/h4-9,16,18,20,22H,10-15,17H2,1-3H3,(H,31,32)/t18-,22-/m1/s1. The summed E-state index contributed by atoms with van der Waals surface area (Å²) in [6.45, 7) is 4.66. The molecular weight excluding hydrogens is 421 g/mol. The fourth-order valence-corrected chi connectivity index (χ4v) is 5.31. The molecule has 0 bridgehead atoms. The second-order valence-corrected chi connectivity index (χ2v) is 9.41. The lowest BCUT2D eigenvalue weighted by Gasteiger charge is -2.39. The van der Waals surface area contributed by atoms with Crippen LogP contribution in [0.1, 0.15) is 32.6 Å². The lowest BCUT2D eigenvalue weighted by molar-refractivity contribution is -0.137. The molecule has 0 amide bonds. The normalized spacial score (nSPS) is 21.3. The number of nitrogens with zero attached hydrogens (tertiary/aromatic N) is 3. The van der Waals surface area contributed by atoms with E-state index >= 15 is 0 Å². The van der Waals surface area contributed by atoms with Crippen LogP contribution in [0.25, 0.3) is 0 Å². The van der Waals surface area contributed by atoms with Crippen molar-refractivity contribution in [2.45, 2.75) is 44.7 Å². The first-order valence-electron chi connectivity index (χ1n) is 11.8. The van der Waals surface area contributed by atoms with E-state index in [4.69, 9.17) is 4.74 Å². The molecule has 2 aromatic rings. The van der Waals surface area contributed by atoms with Gasteiger partial charge in [0.25, 0.3) is 0 Å². The van der Waals surface area contributed by atoms with E-state index in [1.54, 1.807) is 19.2 Å². The largest absolute Gasteiger partial charge is 0.497 e. The Kier molecular flexibility index (Phi) is 6.96. The van der Waals surface area contributed by atoms with Gasteiger partial charge in [-0.05, 0) is 61.6 Å². The molecule has 178 valence electrons. The monoisotopic (exact) mass is 455 g/mol. The van der Waals surface area contributed by atoms with Gasteiger partial charge in [0.05, 0.1) is 19.2 Å². The first kappa shape index (κ1) is 23.2. The maximum absolute atomic E-state index is 14.4. The number of aliphatic carboxylic acids is 1. The van der Waals surface area contributed by atoms with Gasteiger partial charge in [-0.15, -0.1) is 0 Å². The van der Waals surface area contributed by atoms with Crippen molar-refractivity contribution in [1.29, 1.82) is 0 Å². The Morgan fingerprint density at radius 2 is 1.88 bits per heavy atom. The fourth-order valence-electron chi connectivity index (χ4n) is 5.31. The Morgan fingerprint density at radius 3 is 2.52 bits per heavy atom. The summed E-state index contributed by atoms with van der Waals surface area (Å²) in [5.74, 6) is 0.214. The van der Waals surface area contributed by atoms with E-state index in [0.717, 1.165) is 50.3 Å². The van der Waals surface area contributed by atoms with Crippen molar-refractivity contribution in [3.63, 3.8) is 0 Å². The Morgan fingerprint density at radius 1 is 1.18 bits per heavy atom. The SMILES string of the molecule is COc1ccc(F)c(N2CCC(N(C)c3ccc(N4C[C@H](C)C[C@@H]4CC(=O)O)cc3)CC2)c1. The lowest BCUT2D eigenvalue weighted by atomic mass is 10.0. The first-order valence-corrected chi connectivity index (χ1v) is 11.8. The van der Waals surface area contributed by atoms with Gasteiger partial charge in [-0.2, -0.15) is 0 Å². The summed E-state index contributed by atoms with van der Waals surface area (Å²) in [6.07, 6.45) is 2.98. The number of rotatable bonds is 7. The van der Waals surface area contributed by atoms with Gasteiger partial charge in [0.2, 0.25) is 0 Å². The van der Waals surface area contributed by atoms with E-state index in [9.17, 15) is 14.3 Å². The molecule has 2 aliphatic heterocycles. The van der Waals surface area contributed by atoms with Crippen LogP contribution in [-0.2, 0) is 4.79 Å². The Hall–Kier alpha value is -2.96. The fraction of sp³-hybridized carbons (Fsp3) is 0.500. The molecule has 2 saturated heterocycles. The first-order chi connectivity index (χ1) is 15.9. The highest BCUT2D eigenvalue weighted by molar-refractivity contribution is 5.69. The van der Waals surface area contributed by atoms with Crippen LogP contribution in [0.4, 0.5) is 21.5 Å². The Bertz CT molecular complexity index is 960. The molecule has 2 aromatic carbocycles. The minimum Gasteiger partial charge on any atom is -0.497 e. The third-order valence-corrected chi connectivity index (χ3v) is 7.13. The van der Waals surface area contributed by atoms with Gasteiger partial charge in [-0.25, -0.2) is 4.39 Å². The molecule has 0 radical (unpaired) electrons. The number of halogens is 1. The van der Waals surface area contributed by atoms with Crippen molar-refractivity contribution >= 4 is 23.0 Å². The highest BCUT2D eigenvalue weighted by atomic mass is 19.1. The molecule has 4 rings (SSSR count). The van der Waals surface area contributed by atoms with Crippen molar-refractivity contribution < 1.29 is 19.0 Å². The number of carboxylic acid groups (broad SMARTS) is 1. The number of piperidine rings is 1. The molecule has 7 heteroatoms. The number of ether oxygens (including phenoxy) is 1. The molecule has 0 saturated carbocycles. The van der Waals surface area contributed by atoms with Crippen LogP contribution in [0, 0.1) is 11.7 Å². The highest BCUT2D eigenvalue weighted by Crippen LogP contribution is 2.33. The zero-order chi connectivity index (χ0) is 23.5. The van der Waals surface area contributed by atoms with Gasteiger partial charge in [-0.3, -0.25) is 4.79 Å². The predicted molar refractivity (Wildman–Crippen MR) is 130 cm³/mol. The van der Waals surface area contributed by atoms with Gasteiger partial charge in [0.1, 0.15) is 11.6 Å². The van der Waals surface area contributed by atoms with Gasteiger partial charge in [0.15, 0.2) is 0 Å². The van der Waals surface area contributed by atoms with E-state index in [1.165, 1.54) is 6.07 Å². The Balaban J connectivity index is 1.38. The van der Waals surface area contributed by atoms with Crippen molar-refractivity contribution in [2.75, 3.05) is 48.5 Å². The summed E-state index contributed by atoms with van der Waals surface area (Å²) in [4.78, 5) is 17.9. The molecule has 6 nitrogen and oxygen atoms in total. The number of hydrogen-bond acceptors (Lipinski definition) is 5. The lowest BCUT2D eigenvalue weighted by Crippen LogP contribution is -2.43. The predicted octanol–water partition coefficient (Wildman–Crippen LogP) is 4.63. The molecule has 2 fully saturated rings. The molecular formula is C26H34FN3O3. The van der Waals surface area contributed by atoms with Crippen LogP contribution < -0.4 is 19.4 Å². The van der Waals surface area contributed by atoms with Gasteiger partial charge >= 0.3 is 5.97 Å². The molecule has 2 atom stereocenters. The topological polar surface area (TPSA) is 56.2 Å². The van der Waals surface area contributed by atoms with Crippen molar-refractivity contribution in [3.8, 4) is 5.75 Å². The third-order valence-electron chi connectivity index (χ3n) is 7.13. The number of methoxy groups -OCH3 is 1. The average Bonchev–Trinajstić information content (AvgIpc) is 3.18. The second-order valence-electron chi connectivity index (χ2n) is 9.41. The van der Waals surface area contributed by atoms with Gasteiger partial charge < -0.3 is 24.5 Å². The number of hydrogen-bond donors (Lipinski definition) is 1. The second kappa shape index (κ2) is 9.89. The Labute approximate surface area is 195 Å². The molecule has 0 spiro atoms. The number of carbonyl (C=O) groups is 1. The number of anilines is 3. The summed E-state index contributed by atoms with van der Waals surface area (Å²) in [5, 5.41) is 9.25. The molecule has 0 aliphatic carbocycles. The summed E-state index contributed by atoms with van der Waals surface area (Å²) in [6, 6.07) is 13.8. The van der Waals surface area contributed by atoms with Gasteiger partial charge in [0, 0.05) is 56.2 Å². The van der Waals surface area contributed by atoms with Crippen LogP contribution in [0.2, 0.25) is 0 Å². The molecule has 1 N–H and O–H groups in total. The van der Waals surface area contributed by atoms with E-state index < -0.39 is 5.97 Å². The van der Waals surface area contributed by atoms with Crippen molar-refractivity contribution in [2.24, 2.45) is 5.92 Å². The average molecular weight is 456 g/mol. The summed E-state index contributed by atoms with van der Waals surface area (Å²) >= 11 is 0. The summed E-state index contributed by atoms with van der Waals surface area (Å²) in [7, 11) is 3.72. The van der Waals surface area contributed by atoms with E-state index in [0.29, 0.717) is 23.4 Å². The number of benzene rings is 2. The van der Waals surface area contributed by atoms with E-state index in [2.05, 4.69) is 52.9 Å². The quantitative estimate of drug-likeness (QED) is 0.657. The van der Waals surface area contributed by atoms with E-state index in [-0.39, 0.29) is 18.3 Å². The maximum Gasteiger partial charge on any atom is 0.305 e. The van der Waals surface area contributed by atoms with Crippen LogP contribution in [0.15, 0.2) is 42.5 Å². The summed E-state index contributed by atoms with van der Waals surface area (Å²) in [5.41, 5.74) is 2.84. The van der Waals surface area contributed by atoms with Gasteiger partial charge in [-0.1, -0.05) is 6.92 Å². The highest BCUT2D eigenvalue weighted by Gasteiger charge is 2.31. The minimum atomic E-state index is -0.740. The van der Waals surface area contributed by atoms with E-state index in [1.807, 2.05) is 0 Å². The molecule has 0 aromatic heterocycles. The molecule has 0 unspecified atom stereocenters. The number of carboxylic acids is 1. The third kappa shape index (κ3) is 5.18. The smallest absolute Gasteiger partial charge is 0.305 e. The van der Waals surface area contributed by atoms with Crippen LogP contribution in [0.3, 0.4) is 0 Å². The molecule has 2 heterocycles. The maximum atomic E-state index is 14.4.